The van der Waals surface area contributed by atoms with Crippen LogP contribution < -0.4 is 10.6 Å². The molecule has 6 nitrogen and oxygen atoms in total. The lowest BCUT2D eigenvalue weighted by atomic mass is 9.95. The van der Waals surface area contributed by atoms with Gasteiger partial charge in [-0.05, 0) is 62.5 Å². The normalized spacial score (nSPS) is 12.8. The first kappa shape index (κ1) is 22.7. The molecule has 2 N–H and O–H groups in total. The Kier molecular flexibility index (Phi) is 7.07. The number of thiocarbonyl (C=S) groups is 1. The van der Waals surface area contributed by atoms with Gasteiger partial charge >= 0.3 is 5.97 Å². The molecule has 10 heteroatoms. The van der Waals surface area contributed by atoms with Gasteiger partial charge in [0.1, 0.15) is 10.8 Å². The fourth-order valence-corrected chi connectivity index (χ4v) is 5.46. The van der Waals surface area contributed by atoms with E-state index in [0.29, 0.717) is 38.7 Å². The minimum Gasteiger partial charge on any atom is -0.462 e. The first-order chi connectivity index (χ1) is 15.5. The van der Waals surface area contributed by atoms with E-state index in [2.05, 4.69) is 15.7 Å². The largest absolute Gasteiger partial charge is 0.462 e. The summed E-state index contributed by atoms with van der Waals surface area (Å²) in [6, 6.07) is 6.30. The predicted octanol–water partition coefficient (Wildman–Crippen LogP) is 5.65. The molecular formula is C22H22ClFN4O2S2. The molecule has 0 saturated heterocycles. The van der Waals surface area contributed by atoms with Gasteiger partial charge < -0.3 is 15.4 Å². The molecule has 1 aliphatic carbocycles. The Labute approximate surface area is 199 Å². The topological polar surface area (TPSA) is 68.2 Å². The number of esters is 1. The standard InChI is InChI=1S/C22H22ClFN4O2S2/c1-2-30-21(29)19-13-6-3-4-9-17(13)32-20(19)26-22(31)25-18-10-11-28(27-18)12-14-15(23)7-5-8-16(14)24/h5,7-8,10-11H,2-4,6,9,12H2,1H3,(H2,25,26,27,31). The Morgan fingerprint density at radius 2 is 2.12 bits per heavy atom. The Hall–Kier alpha value is -2.49. The third kappa shape index (κ3) is 4.95. The molecule has 0 radical (unpaired) electrons. The van der Waals surface area contributed by atoms with Crippen molar-refractivity contribution in [2.24, 2.45) is 0 Å². The van der Waals surface area contributed by atoms with Crippen molar-refractivity contribution in [3.05, 3.63) is 62.9 Å². The van der Waals surface area contributed by atoms with Crippen LogP contribution in [0.4, 0.5) is 15.2 Å². The maximum Gasteiger partial charge on any atom is 0.341 e. The molecule has 0 aliphatic heterocycles. The van der Waals surface area contributed by atoms with E-state index in [4.69, 9.17) is 28.6 Å². The maximum atomic E-state index is 14.0. The van der Waals surface area contributed by atoms with Gasteiger partial charge in [0, 0.05) is 27.7 Å². The first-order valence-corrected chi connectivity index (χ1v) is 11.9. The average Bonchev–Trinajstić information content (AvgIpc) is 3.34. The summed E-state index contributed by atoms with van der Waals surface area (Å²) in [4.78, 5) is 13.8. The molecule has 4 rings (SSSR count). The SMILES string of the molecule is CCOC(=O)c1c(NC(=S)Nc2ccn(Cc3c(F)cccc3Cl)n2)sc2c1CCCC2. The van der Waals surface area contributed by atoms with Crippen LogP contribution in [-0.2, 0) is 24.1 Å². The van der Waals surface area contributed by atoms with Crippen molar-refractivity contribution in [2.45, 2.75) is 39.2 Å². The zero-order chi connectivity index (χ0) is 22.7. The highest BCUT2D eigenvalue weighted by atomic mass is 35.5. The van der Waals surface area contributed by atoms with Gasteiger partial charge in [-0.25, -0.2) is 9.18 Å². The van der Waals surface area contributed by atoms with Crippen molar-refractivity contribution in [1.29, 1.82) is 0 Å². The summed E-state index contributed by atoms with van der Waals surface area (Å²) in [6.07, 6.45) is 5.70. The van der Waals surface area contributed by atoms with Crippen molar-refractivity contribution < 1.29 is 13.9 Å². The Morgan fingerprint density at radius 1 is 1.31 bits per heavy atom. The van der Waals surface area contributed by atoms with Crippen LogP contribution in [0.1, 0.15) is 46.1 Å². The van der Waals surface area contributed by atoms with E-state index < -0.39 is 0 Å². The predicted molar refractivity (Wildman–Crippen MR) is 129 cm³/mol. The summed E-state index contributed by atoms with van der Waals surface area (Å²) < 4.78 is 20.9. The monoisotopic (exact) mass is 492 g/mol. The van der Waals surface area contributed by atoms with Crippen molar-refractivity contribution in [3.63, 3.8) is 0 Å². The lowest BCUT2D eigenvalue weighted by molar-refractivity contribution is 0.0526. The van der Waals surface area contributed by atoms with E-state index in [1.807, 2.05) is 0 Å². The lowest BCUT2D eigenvalue weighted by Gasteiger charge is -2.12. The molecule has 0 unspecified atom stereocenters. The smallest absolute Gasteiger partial charge is 0.341 e. The number of aryl methyl sites for hydroxylation is 1. The minimum absolute atomic E-state index is 0.192. The Bertz CT molecular complexity index is 1140. The fraction of sp³-hybridized carbons (Fsp3) is 0.318. The Balaban J connectivity index is 1.47. The summed E-state index contributed by atoms with van der Waals surface area (Å²) >= 11 is 13.1. The maximum absolute atomic E-state index is 14.0. The highest BCUT2D eigenvalue weighted by Crippen LogP contribution is 2.38. The van der Waals surface area contributed by atoms with Crippen LogP contribution in [0.15, 0.2) is 30.5 Å². The molecule has 2 aromatic heterocycles. The van der Waals surface area contributed by atoms with Gasteiger partial charge in [-0.1, -0.05) is 17.7 Å². The third-order valence-electron chi connectivity index (χ3n) is 5.14. The van der Waals surface area contributed by atoms with Crippen molar-refractivity contribution in [1.82, 2.24) is 9.78 Å². The molecule has 168 valence electrons. The summed E-state index contributed by atoms with van der Waals surface area (Å²) in [5.41, 5.74) is 2.01. The summed E-state index contributed by atoms with van der Waals surface area (Å²) in [5.74, 6) is -0.218. The van der Waals surface area contributed by atoms with Gasteiger partial charge in [-0.3, -0.25) is 4.68 Å². The number of carbonyl (C=O) groups excluding carboxylic acids is 1. The quantitative estimate of drug-likeness (QED) is 0.342. The second-order valence-electron chi connectivity index (χ2n) is 7.31. The zero-order valence-electron chi connectivity index (χ0n) is 17.4. The van der Waals surface area contributed by atoms with E-state index >= 15 is 0 Å². The molecule has 0 fully saturated rings. The number of halogens is 2. The lowest BCUT2D eigenvalue weighted by Crippen LogP contribution is -2.21. The van der Waals surface area contributed by atoms with Gasteiger partial charge in [-0.15, -0.1) is 11.3 Å². The number of aromatic nitrogens is 2. The number of hydrogen-bond acceptors (Lipinski definition) is 5. The van der Waals surface area contributed by atoms with E-state index in [1.54, 1.807) is 47.3 Å². The van der Waals surface area contributed by atoms with Crippen LogP contribution in [0.3, 0.4) is 0 Å². The number of benzene rings is 1. The van der Waals surface area contributed by atoms with Gasteiger partial charge in [-0.2, -0.15) is 5.10 Å². The van der Waals surface area contributed by atoms with Crippen LogP contribution in [0.2, 0.25) is 5.02 Å². The van der Waals surface area contributed by atoms with Crippen molar-refractivity contribution >= 4 is 57.1 Å². The number of carbonyl (C=O) groups is 1. The van der Waals surface area contributed by atoms with E-state index in [9.17, 15) is 9.18 Å². The van der Waals surface area contributed by atoms with Gasteiger partial charge in [0.15, 0.2) is 10.9 Å². The highest BCUT2D eigenvalue weighted by molar-refractivity contribution is 7.80. The molecule has 0 atom stereocenters. The van der Waals surface area contributed by atoms with E-state index in [-0.39, 0.29) is 18.3 Å². The fourth-order valence-electron chi connectivity index (χ4n) is 3.69. The van der Waals surface area contributed by atoms with Crippen LogP contribution in [0.25, 0.3) is 0 Å². The summed E-state index contributed by atoms with van der Waals surface area (Å²) in [6.45, 7) is 2.30. The van der Waals surface area contributed by atoms with Crippen LogP contribution in [0.5, 0.6) is 0 Å². The van der Waals surface area contributed by atoms with Crippen molar-refractivity contribution in [3.8, 4) is 0 Å². The molecule has 0 spiro atoms. The van der Waals surface area contributed by atoms with Gasteiger partial charge in [0.25, 0.3) is 0 Å². The van der Waals surface area contributed by atoms with Gasteiger partial charge in [0.05, 0.1) is 18.7 Å². The van der Waals surface area contributed by atoms with Crippen LogP contribution >= 0.6 is 35.2 Å². The molecule has 0 saturated carbocycles. The number of anilines is 2. The number of rotatable bonds is 6. The van der Waals surface area contributed by atoms with Crippen LogP contribution in [-0.4, -0.2) is 27.5 Å². The molecule has 0 amide bonds. The second-order valence-corrected chi connectivity index (χ2v) is 9.23. The zero-order valence-corrected chi connectivity index (χ0v) is 19.8. The number of hydrogen-bond donors (Lipinski definition) is 2. The number of ether oxygens (including phenoxy) is 1. The molecule has 0 bridgehead atoms. The van der Waals surface area contributed by atoms with Gasteiger partial charge in [0.2, 0.25) is 0 Å². The number of fused-ring (bicyclic) bond motifs is 1. The molecule has 3 aromatic rings. The molecule has 32 heavy (non-hydrogen) atoms. The highest BCUT2D eigenvalue weighted by Gasteiger charge is 2.26. The number of nitrogens with one attached hydrogen (secondary N) is 2. The second kappa shape index (κ2) is 9.97. The third-order valence-corrected chi connectivity index (χ3v) is 6.91. The first-order valence-electron chi connectivity index (χ1n) is 10.3. The Morgan fingerprint density at radius 3 is 2.91 bits per heavy atom. The molecule has 2 heterocycles. The molecule has 1 aromatic carbocycles. The minimum atomic E-state index is -0.382. The average molecular weight is 493 g/mol. The van der Waals surface area contributed by atoms with Crippen molar-refractivity contribution in [2.75, 3.05) is 17.2 Å². The number of thiophene rings is 1. The number of nitrogens with zero attached hydrogens (tertiary/aromatic N) is 2. The summed E-state index contributed by atoms with van der Waals surface area (Å²) in [5, 5.41) is 11.9. The van der Waals surface area contributed by atoms with E-state index in [0.717, 1.165) is 31.2 Å². The molecular weight excluding hydrogens is 471 g/mol. The van der Waals surface area contributed by atoms with Crippen LogP contribution in [0, 0.1) is 5.82 Å². The molecule has 1 aliphatic rings. The summed E-state index contributed by atoms with van der Waals surface area (Å²) in [7, 11) is 0. The van der Waals surface area contributed by atoms with E-state index in [1.165, 1.54) is 10.9 Å².